The summed E-state index contributed by atoms with van der Waals surface area (Å²) in [6.07, 6.45) is 4.34. The Kier molecular flexibility index (Phi) is 7.05. The largest absolute Gasteiger partial charge is 0.368 e. The number of nitrogens with zero attached hydrogens (tertiary/aromatic N) is 5. The number of aryl methyl sites for hydroxylation is 1. The van der Waals surface area contributed by atoms with Crippen molar-refractivity contribution in [1.82, 2.24) is 19.4 Å². The average molecular weight is 508 g/mol. The van der Waals surface area contributed by atoms with Crippen LogP contribution in [0.5, 0.6) is 0 Å². The third-order valence-electron chi connectivity index (χ3n) is 6.97. The quantitative estimate of drug-likeness (QED) is 0.387. The van der Waals surface area contributed by atoms with E-state index in [0.29, 0.717) is 35.4 Å². The zero-order valence-electron chi connectivity index (χ0n) is 21.2. The van der Waals surface area contributed by atoms with Gasteiger partial charge >= 0.3 is 0 Å². The Morgan fingerprint density at radius 2 is 1.92 bits per heavy atom. The molecule has 2 aromatic carbocycles. The van der Waals surface area contributed by atoms with Gasteiger partial charge in [-0.3, -0.25) is 14.2 Å². The van der Waals surface area contributed by atoms with Gasteiger partial charge in [0.25, 0.3) is 5.56 Å². The molecule has 0 unspecified atom stereocenters. The molecule has 0 radical (unpaired) electrons. The number of fused-ring (bicyclic) bond motifs is 1. The van der Waals surface area contributed by atoms with Crippen LogP contribution in [0.4, 0.5) is 11.8 Å². The highest BCUT2D eigenvalue weighted by atomic mass is 16.2. The number of nitrogens with one attached hydrogen (secondary N) is 1. The summed E-state index contributed by atoms with van der Waals surface area (Å²) in [5, 5.41) is 14.1. The lowest BCUT2D eigenvalue weighted by Gasteiger charge is -2.22. The third-order valence-corrected chi connectivity index (χ3v) is 6.97. The fourth-order valence-corrected chi connectivity index (χ4v) is 5.06. The number of anilines is 2. The summed E-state index contributed by atoms with van der Waals surface area (Å²) >= 11 is 0. The highest BCUT2D eigenvalue weighted by molar-refractivity contribution is 5.86. The van der Waals surface area contributed by atoms with Crippen LogP contribution in [0.15, 0.2) is 65.6 Å². The summed E-state index contributed by atoms with van der Waals surface area (Å²) in [5.74, 6) is 0.481. The second-order valence-electron chi connectivity index (χ2n) is 9.48. The maximum absolute atomic E-state index is 14.1. The monoisotopic (exact) mass is 507 g/mol. The number of carbonyl (C=O) groups excluding carboxylic acids is 1. The smallest absolute Gasteiger partial charge is 0.263 e. The third kappa shape index (κ3) is 4.93. The molecule has 1 saturated heterocycles. The molecule has 1 atom stereocenters. The second kappa shape index (κ2) is 10.7. The molecule has 0 spiro atoms. The summed E-state index contributed by atoms with van der Waals surface area (Å²) < 4.78 is 1.68. The topological polar surface area (TPSA) is 130 Å². The van der Waals surface area contributed by atoms with E-state index in [-0.39, 0.29) is 23.0 Å². The Balaban J connectivity index is 1.59. The van der Waals surface area contributed by atoms with Gasteiger partial charge in [-0.1, -0.05) is 36.4 Å². The molecule has 9 nitrogen and oxygen atoms in total. The number of carbonyl (C=O) groups is 1. The number of rotatable bonds is 7. The summed E-state index contributed by atoms with van der Waals surface area (Å²) in [7, 11) is 0. The number of pyridine rings is 1. The molecule has 4 aromatic rings. The lowest BCUT2D eigenvalue weighted by atomic mass is 9.99. The van der Waals surface area contributed by atoms with Crippen LogP contribution >= 0.6 is 0 Å². The molecule has 0 aliphatic carbocycles. The van der Waals surface area contributed by atoms with Crippen molar-refractivity contribution in [3.05, 3.63) is 88.0 Å². The Labute approximate surface area is 220 Å². The first kappa shape index (κ1) is 25.0. The van der Waals surface area contributed by atoms with Gasteiger partial charge in [0.05, 0.1) is 17.6 Å². The first-order chi connectivity index (χ1) is 18.5. The number of hydrogen-bond acceptors (Lipinski definition) is 7. The van der Waals surface area contributed by atoms with Crippen LogP contribution in [0.3, 0.4) is 0 Å². The number of benzene rings is 2. The van der Waals surface area contributed by atoms with Crippen molar-refractivity contribution < 1.29 is 4.79 Å². The van der Waals surface area contributed by atoms with Gasteiger partial charge in [-0.05, 0) is 55.3 Å². The molecule has 192 valence electrons. The molecule has 3 N–H and O–H groups in total. The van der Waals surface area contributed by atoms with Gasteiger partial charge < -0.3 is 16.0 Å². The van der Waals surface area contributed by atoms with Crippen molar-refractivity contribution in [2.75, 3.05) is 24.1 Å². The standard InChI is InChI=1S/C29H29N7O2/c1-19(33-27-22(17-30)18-32-29(31)34-27)24-16-21-9-7-8-20(12-13-25(37)35-14-5-6-15-35)26(21)28(38)36(24)23-10-3-2-4-11-23/h2-4,7-11,16,18-19H,5-6,12-15H2,1H3,(H3,31,32,33,34)/t19-/m0/s1. The molecule has 1 fully saturated rings. The lowest BCUT2D eigenvalue weighted by Crippen LogP contribution is -2.28. The molecule has 5 rings (SSSR count). The zero-order valence-corrected chi connectivity index (χ0v) is 21.2. The second-order valence-corrected chi connectivity index (χ2v) is 9.48. The lowest BCUT2D eigenvalue weighted by molar-refractivity contribution is -0.130. The minimum atomic E-state index is -0.408. The van der Waals surface area contributed by atoms with Gasteiger partial charge in [0.1, 0.15) is 17.5 Å². The van der Waals surface area contributed by atoms with Gasteiger partial charge in [-0.15, -0.1) is 0 Å². The number of nitriles is 1. The molecule has 1 aliphatic heterocycles. The molecule has 38 heavy (non-hydrogen) atoms. The number of para-hydroxylation sites is 1. The number of likely N-dealkylation sites (tertiary alicyclic amines) is 1. The van der Waals surface area contributed by atoms with Crippen molar-refractivity contribution in [3.63, 3.8) is 0 Å². The van der Waals surface area contributed by atoms with E-state index in [1.165, 1.54) is 6.20 Å². The number of hydrogen-bond donors (Lipinski definition) is 2. The normalized spacial score (nSPS) is 13.8. The van der Waals surface area contributed by atoms with Crippen LogP contribution in [0.25, 0.3) is 16.5 Å². The summed E-state index contributed by atoms with van der Waals surface area (Å²) in [6, 6.07) is 18.8. The van der Waals surface area contributed by atoms with E-state index in [1.54, 1.807) is 4.57 Å². The van der Waals surface area contributed by atoms with E-state index in [0.717, 1.165) is 36.9 Å². The number of amides is 1. The Morgan fingerprint density at radius 1 is 1.16 bits per heavy atom. The van der Waals surface area contributed by atoms with Crippen LogP contribution in [-0.4, -0.2) is 38.4 Å². The van der Waals surface area contributed by atoms with Gasteiger partial charge in [0.2, 0.25) is 11.9 Å². The molecule has 0 saturated carbocycles. The summed E-state index contributed by atoms with van der Waals surface area (Å²) in [6.45, 7) is 3.53. The highest BCUT2D eigenvalue weighted by Gasteiger charge is 2.21. The van der Waals surface area contributed by atoms with E-state index in [1.807, 2.05) is 66.4 Å². The van der Waals surface area contributed by atoms with Crippen molar-refractivity contribution in [2.24, 2.45) is 0 Å². The van der Waals surface area contributed by atoms with Crippen LogP contribution < -0.4 is 16.6 Å². The first-order valence-corrected chi connectivity index (χ1v) is 12.8. The van der Waals surface area contributed by atoms with Crippen LogP contribution in [0.1, 0.15) is 49.0 Å². The van der Waals surface area contributed by atoms with Crippen molar-refractivity contribution in [2.45, 2.75) is 38.6 Å². The minimum Gasteiger partial charge on any atom is -0.368 e. The van der Waals surface area contributed by atoms with Crippen molar-refractivity contribution in [1.29, 1.82) is 5.26 Å². The van der Waals surface area contributed by atoms with Crippen LogP contribution in [0, 0.1) is 11.3 Å². The maximum Gasteiger partial charge on any atom is 0.263 e. The summed E-state index contributed by atoms with van der Waals surface area (Å²) in [5.41, 5.74) is 8.13. The maximum atomic E-state index is 14.1. The highest BCUT2D eigenvalue weighted by Crippen LogP contribution is 2.27. The van der Waals surface area contributed by atoms with Crippen LogP contribution in [0.2, 0.25) is 0 Å². The number of aromatic nitrogens is 3. The van der Waals surface area contributed by atoms with Crippen molar-refractivity contribution in [3.8, 4) is 11.8 Å². The zero-order chi connectivity index (χ0) is 26.6. The first-order valence-electron chi connectivity index (χ1n) is 12.8. The van der Waals surface area contributed by atoms with E-state index < -0.39 is 6.04 Å². The van der Waals surface area contributed by atoms with Gasteiger partial charge in [-0.25, -0.2) is 4.98 Å². The molecule has 2 aromatic heterocycles. The number of nitrogens with two attached hydrogens (primary N) is 1. The van der Waals surface area contributed by atoms with Crippen LogP contribution in [-0.2, 0) is 11.2 Å². The molecular weight excluding hydrogens is 478 g/mol. The SMILES string of the molecule is C[C@H](Nc1nc(N)ncc1C#N)c1cc2cccc(CCC(=O)N3CCCC3)c2c(=O)n1-c1ccccc1. The minimum absolute atomic E-state index is 0.0470. The molecule has 0 bridgehead atoms. The Hall–Kier alpha value is -4.71. The summed E-state index contributed by atoms with van der Waals surface area (Å²) in [4.78, 5) is 36.9. The molecular formula is C29H29N7O2. The molecule has 3 heterocycles. The predicted molar refractivity (Wildman–Crippen MR) is 147 cm³/mol. The molecule has 1 aliphatic rings. The number of nitrogen functional groups attached to an aromatic ring is 1. The molecule has 1 amide bonds. The predicted octanol–water partition coefficient (Wildman–Crippen LogP) is 3.96. The Morgan fingerprint density at radius 3 is 2.66 bits per heavy atom. The van der Waals surface area contributed by atoms with Crippen molar-refractivity contribution >= 4 is 28.4 Å². The van der Waals surface area contributed by atoms with E-state index in [2.05, 4.69) is 21.4 Å². The fraction of sp³-hybridized carbons (Fsp3) is 0.276. The Bertz CT molecular complexity index is 1580. The fourth-order valence-electron chi connectivity index (χ4n) is 5.06. The average Bonchev–Trinajstić information content (AvgIpc) is 3.47. The van der Waals surface area contributed by atoms with E-state index in [9.17, 15) is 14.9 Å². The van der Waals surface area contributed by atoms with E-state index >= 15 is 0 Å². The van der Waals surface area contributed by atoms with Gasteiger partial charge in [0, 0.05) is 30.9 Å². The molecule has 9 heteroatoms. The van der Waals surface area contributed by atoms with E-state index in [4.69, 9.17) is 5.73 Å². The van der Waals surface area contributed by atoms with Gasteiger partial charge in [-0.2, -0.15) is 10.2 Å². The van der Waals surface area contributed by atoms with Gasteiger partial charge in [0.15, 0.2) is 0 Å².